The summed E-state index contributed by atoms with van der Waals surface area (Å²) < 4.78 is 5.06. The molecule has 1 aromatic rings. The number of amides is 4. The van der Waals surface area contributed by atoms with E-state index >= 15 is 0 Å². The van der Waals surface area contributed by atoms with Crippen LogP contribution in [-0.4, -0.2) is 61.5 Å². The molecule has 8 heteroatoms. The number of ether oxygens (including phenoxy) is 1. The third-order valence-electron chi connectivity index (χ3n) is 2.69. The van der Waals surface area contributed by atoms with Crippen molar-refractivity contribution < 1.29 is 14.3 Å². The van der Waals surface area contributed by atoms with Gasteiger partial charge in [0.05, 0.1) is 7.11 Å². The molecule has 7 nitrogen and oxygen atoms in total. The Kier molecular flexibility index (Phi) is 6.71. The van der Waals surface area contributed by atoms with Gasteiger partial charge in [-0.25, -0.2) is 9.59 Å². The van der Waals surface area contributed by atoms with Gasteiger partial charge >= 0.3 is 12.1 Å². The van der Waals surface area contributed by atoms with Crippen LogP contribution in [-0.2, 0) is 0 Å². The number of nitrogens with zero attached hydrogens (tertiary/aromatic N) is 3. The Bertz CT molecular complexity index is 558. The quantitative estimate of drug-likeness (QED) is 0.670. The second kappa shape index (κ2) is 8.28. The van der Waals surface area contributed by atoms with Crippen molar-refractivity contribution >= 4 is 34.7 Å². The Morgan fingerprint density at radius 1 is 1.18 bits per heavy atom. The average molecular weight is 324 g/mol. The summed E-state index contributed by atoms with van der Waals surface area (Å²) in [7, 11) is 6.32. The van der Waals surface area contributed by atoms with Crippen molar-refractivity contribution in [3.8, 4) is 5.75 Å². The van der Waals surface area contributed by atoms with Crippen LogP contribution in [0.25, 0.3) is 0 Å². The molecule has 1 rings (SSSR count). The molecule has 0 aliphatic rings. The number of carbonyl (C=O) groups is 2. The zero-order valence-electron chi connectivity index (χ0n) is 13.3. The van der Waals surface area contributed by atoms with E-state index in [2.05, 4.69) is 10.3 Å². The molecular formula is C14H20N4O3S. The van der Waals surface area contributed by atoms with Gasteiger partial charge in [-0.3, -0.25) is 4.90 Å². The third kappa shape index (κ3) is 4.96. The molecule has 0 aliphatic heterocycles. The normalized spacial score (nSPS) is 10.9. The third-order valence-corrected chi connectivity index (χ3v) is 3.42. The fourth-order valence-corrected chi connectivity index (χ4v) is 1.93. The van der Waals surface area contributed by atoms with E-state index in [4.69, 9.17) is 4.74 Å². The number of urea groups is 2. The SMILES string of the molecule is COc1ccc(NC(=O)N(C)C(=NC(=O)N(C)C)SC)cc1. The van der Waals surface area contributed by atoms with Gasteiger partial charge < -0.3 is 15.0 Å². The van der Waals surface area contributed by atoms with Crippen molar-refractivity contribution in [2.24, 2.45) is 4.99 Å². The van der Waals surface area contributed by atoms with E-state index in [1.807, 2.05) is 0 Å². The molecule has 0 aliphatic carbocycles. The number of anilines is 1. The summed E-state index contributed by atoms with van der Waals surface area (Å²) in [6.45, 7) is 0. The van der Waals surface area contributed by atoms with Gasteiger partial charge in [-0.15, -0.1) is 0 Å². The number of benzene rings is 1. The summed E-state index contributed by atoms with van der Waals surface area (Å²) in [6.07, 6.45) is 1.75. The van der Waals surface area contributed by atoms with Crippen LogP contribution in [0.15, 0.2) is 29.3 Å². The second-order valence-electron chi connectivity index (χ2n) is 4.49. The molecule has 0 radical (unpaired) electrons. The zero-order valence-corrected chi connectivity index (χ0v) is 14.1. The van der Waals surface area contributed by atoms with Crippen LogP contribution in [0.2, 0.25) is 0 Å². The highest BCUT2D eigenvalue weighted by atomic mass is 32.2. The number of amidine groups is 1. The standard InChI is InChI=1S/C14H20N4O3S/c1-17(2)12(19)16-14(22-5)18(3)13(20)15-10-6-8-11(21-4)9-7-10/h6-9H,1-5H3,(H,15,20). The lowest BCUT2D eigenvalue weighted by molar-refractivity contribution is 0.227. The van der Waals surface area contributed by atoms with Crippen LogP contribution in [0.1, 0.15) is 0 Å². The Hall–Kier alpha value is -2.22. The smallest absolute Gasteiger partial charge is 0.345 e. The van der Waals surface area contributed by atoms with Crippen LogP contribution in [0.5, 0.6) is 5.75 Å². The molecule has 0 heterocycles. The first kappa shape index (κ1) is 17.8. The lowest BCUT2D eigenvalue weighted by Gasteiger charge is -2.19. The van der Waals surface area contributed by atoms with E-state index in [-0.39, 0.29) is 6.03 Å². The molecule has 1 aromatic carbocycles. The van der Waals surface area contributed by atoms with E-state index in [1.165, 1.54) is 21.6 Å². The minimum atomic E-state index is -0.423. The molecule has 22 heavy (non-hydrogen) atoms. The van der Waals surface area contributed by atoms with Gasteiger partial charge in [0.1, 0.15) is 5.75 Å². The Morgan fingerprint density at radius 3 is 2.23 bits per heavy atom. The van der Waals surface area contributed by atoms with Gasteiger partial charge in [0.25, 0.3) is 0 Å². The van der Waals surface area contributed by atoms with Crippen LogP contribution < -0.4 is 10.1 Å². The summed E-state index contributed by atoms with van der Waals surface area (Å²) in [6, 6.07) is 6.14. The minimum absolute atomic E-state index is 0.310. The van der Waals surface area contributed by atoms with Crippen molar-refractivity contribution in [1.82, 2.24) is 9.80 Å². The lowest BCUT2D eigenvalue weighted by Crippen LogP contribution is -2.36. The van der Waals surface area contributed by atoms with Crippen molar-refractivity contribution in [3.63, 3.8) is 0 Å². The molecule has 4 amide bonds. The van der Waals surface area contributed by atoms with Gasteiger partial charge in [-0.2, -0.15) is 4.99 Å². The number of hydrogen-bond acceptors (Lipinski definition) is 4. The molecule has 0 saturated carbocycles. The molecule has 0 atom stereocenters. The summed E-state index contributed by atoms with van der Waals surface area (Å²) in [5.74, 6) is 0.703. The molecule has 1 N–H and O–H groups in total. The van der Waals surface area contributed by atoms with Crippen LogP contribution in [0.3, 0.4) is 0 Å². The monoisotopic (exact) mass is 324 g/mol. The molecule has 0 fully saturated rings. The second-order valence-corrected chi connectivity index (χ2v) is 5.27. The van der Waals surface area contributed by atoms with E-state index in [0.29, 0.717) is 16.6 Å². The molecule has 0 spiro atoms. The Balaban J connectivity index is 2.79. The number of nitrogens with one attached hydrogen (secondary N) is 1. The molecule has 0 saturated heterocycles. The lowest BCUT2D eigenvalue weighted by atomic mass is 10.3. The topological polar surface area (TPSA) is 74.2 Å². The first-order chi connectivity index (χ1) is 10.4. The summed E-state index contributed by atoms with van der Waals surface area (Å²) in [5, 5.41) is 3.03. The number of aliphatic imine (C=N–C) groups is 1. The highest BCUT2D eigenvalue weighted by Gasteiger charge is 2.16. The van der Waals surface area contributed by atoms with Crippen LogP contribution >= 0.6 is 11.8 Å². The molecule has 0 bridgehead atoms. The predicted molar refractivity (Wildman–Crippen MR) is 89.8 cm³/mol. The van der Waals surface area contributed by atoms with E-state index in [9.17, 15) is 9.59 Å². The number of rotatable bonds is 2. The Labute approximate surface area is 134 Å². The zero-order chi connectivity index (χ0) is 16.7. The van der Waals surface area contributed by atoms with Gasteiger partial charge in [-0.1, -0.05) is 11.8 Å². The maximum atomic E-state index is 12.2. The first-order valence-corrected chi connectivity index (χ1v) is 7.64. The van der Waals surface area contributed by atoms with Crippen LogP contribution in [0.4, 0.5) is 15.3 Å². The predicted octanol–water partition coefficient (Wildman–Crippen LogP) is 2.56. The van der Waals surface area contributed by atoms with Crippen molar-refractivity contribution in [3.05, 3.63) is 24.3 Å². The maximum Gasteiger partial charge on any atom is 0.345 e. The van der Waals surface area contributed by atoms with Crippen molar-refractivity contribution in [2.45, 2.75) is 0 Å². The fourth-order valence-electron chi connectivity index (χ4n) is 1.41. The molecular weight excluding hydrogens is 304 g/mol. The molecule has 0 unspecified atom stereocenters. The number of hydrogen-bond donors (Lipinski definition) is 1. The maximum absolute atomic E-state index is 12.2. The fraction of sp³-hybridized carbons (Fsp3) is 0.357. The largest absolute Gasteiger partial charge is 0.497 e. The molecule has 120 valence electrons. The van der Waals surface area contributed by atoms with Gasteiger partial charge in [0, 0.05) is 26.8 Å². The first-order valence-electron chi connectivity index (χ1n) is 6.41. The van der Waals surface area contributed by atoms with Gasteiger partial charge in [0.15, 0.2) is 5.17 Å². The van der Waals surface area contributed by atoms with Crippen molar-refractivity contribution in [1.29, 1.82) is 0 Å². The van der Waals surface area contributed by atoms with Crippen LogP contribution in [0, 0.1) is 0 Å². The number of carbonyl (C=O) groups excluding carboxylic acids is 2. The summed E-state index contributed by atoms with van der Waals surface area (Å²) in [4.78, 5) is 30.3. The van der Waals surface area contributed by atoms with E-state index in [0.717, 1.165) is 0 Å². The molecule has 0 aromatic heterocycles. The summed E-state index contributed by atoms with van der Waals surface area (Å²) >= 11 is 1.22. The van der Waals surface area contributed by atoms with Crippen molar-refractivity contribution in [2.75, 3.05) is 39.8 Å². The van der Waals surface area contributed by atoms with E-state index < -0.39 is 6.03 Å². The minimum Gasteiger partial charge on any atom is -0.497 e. The van der Waals surface area contributed by atoms with Gasteiger partial charge in [0.2, 0.25) is 0 Å². The highest BCUT2D eigenvalue weighted by molar-refractivity contribution is 8.13. The average Bonchev–Trinajstić information content (AvgIpc) is 2.52. The van der Waals surface area contributed by atoms with Gasteiger partial charge in [-0.05, 0) is 30.5 Å². The number of thioether (sulfide) groups is 1. The van der Waals surface area contributed by atoms with E-state index in [1.54, 1.807) is 58.8 Å². The summed E-state index contributed by atoms with van der Waals surface area (Å²) in [5.41, 5.74) is 0.622. The highest BCUT2D eigenvalue weighted by Crippen LogP contribution is 2.16. The Morgan fingerprint density at radius 2 is 1.77 bits per heavy atom. The number of methoxy groups -OCH3 is 1.